The van der Waals surface area contributed by atoms with E-state index in [4.69, 9.17) is 11.6 Å². The molecule has 104 valence electrons. The summed E-state index contributed by atoms with van der Waals surface area (Å²) in [4.78, 5) is 0. The van der Waals surface area contributed by atoms with Gasteiger partial charge in [0.1, 0.15) is 5.82 Å². The SMILES string of the molecule is Fc1ccc(CC2(Cc3ccccc3)CNC2)c(Cl)c1. The van der Waals surface area contributed by atoms with Crippen LogP contribution in [0.25, 0.3) is 0 Å². The summed E-state index contributed by atoms with van der Waals surface area (Å²) in [5.74, 6) is -0.275. The predicted molar refractivity (Wildman–Crippen MR) is 80.6 cm³/mol. The standard InChI is InChI=1S/C17H17ClFN/c18-16-8-15(19)7-6-14(16)10-17(11-20-12-17)9-13-4-2-1-3-5-13/h1-8,20H,9-12H2. The Morgan fingerprint density at radius 2 is 1.80 bits per heavy atom. The first kappa shape index (κ1) is 13.6. The Bertz CT molecular complexity index is 593. The summed E-state index contributed by atoms with van der Waals surface area (Å²) in [6.07, 6.45) is 1.91. The zero-order valence-corrected chi connectivity index (χ0v) is 12.0. The molecule has 0 bridgehead atoms. The molecule has 2 aromatic rings. The Hall–Kier alpha value is -1.38. The van der Waals surface area contributed by atoms with Gasteiger partial charge in [-0.05, 0) is 36.1 Å². The number of nitrogens with one attached hydrogen (secondary N) is 1. The van der Waals surface area contributed by atoms with E-state index in [0.717, 1.165) is 31.5 Å². The molecule has 0 aromatic heterocycles. The van der Waals surface area contributed by atoms with Gasteiger partial charge in [0.25, 0.3) is 0 Å². The van der Waals surface area contributed by atoms with Crippen molar-refractivity contribution in [3.8, 4) is 0 Å². The molecular formula is C17H17ClFN. The Morgan fingerprint density at radius 1 is 1.05 bits per heavy atom. The molecular weight excluding hydrogens is 273 g/mol. The van der Waals surface area contributed by atoms with Gasteiger partial charge in [-0.25, -0.2) is 4.39 Å². The van der Waals surface area contributed by atoms with Crippen molar-refractivity contribution in [3.63, 3.8) is 0 Å². The lowest BCUT2D eigenvalue weighted by molar-refractivity contribution is 0.166. The quantitative estimate of drug-likeness (QED) is 0.901. The second-order valence-corrected chi connectivity index (χ2v) is 6.09. The Morgan fingerprint density at radius 3 is 2.40 bits per heavy atom. The molecule has 20 heavy (non-hydrogen) atoms. The average Bonchev–Trinajstić information content (AvgIpc) is 2.40. The van der Waals surface area contributed by atoms with Crippen molar-refractivity contribution in [2.75, 3.05) is 13.1 Å². The van der Waals surface area contributed by atoms with Crippen LogP contribution < -0.4 is 5.32 Å². The lowest BCUT2D eigenvalue weighted by Crippen LogP contribution is -2.56. The molecule has 3 rings (SSSR count). The summed E-state index contributed by atoms with van der Waals surface area (Å²) in [5.41, 5.74) is 2.57. The number of rotatable bonds is 4. The van der Waals surface area contributed by atoms with E-state index in [1.165, 1.54) is 17.7 Å². The second kappa shape index (κ2) is 5.55. The van der Waals surface area contributed by atoms with E-state index in [0.29, 0.717) is 5.02 Å². The molecule has 1 heterocycles. The third-order valence-corrected chi connectivity index (χ3v) is 4.35. The van der Waals surface area contributed by atoms with Gasteiger partial charge in [0.05, 0.1) is 0 Å². The summed E-state index contributed by atoms with van der Waals surface area (Å²) < 4.78 is 13.1. The van der Waals surface area contributed by atoms with Crippen LogP contribution in [0.1, 0.15) is 11.1 Å². The van der Waals surface area contributed by atoms with Gasteiger partial charge in [-0.3, -0.25) is 0 Å². The normalized spacial score (nSPS) is 16.7. The van der Waals surface area contributed by atoms with E-state index in [1.807, 2.05) is 12.1 Å². The van der Waals surface area contributed by atoms with Crippen LogP contribution in [0, 0.1) is 11.2 Å². The second-order valence-electron chi connectivity index (χ2n) is 5.68. The first-order valence-electron chi connectivity index (χ1n) is 6.86. The van der Waals surface area contributed by atoms with Gasteiger partial charge in [-0.2, -0.15) is 0 Å². The number of benzene rings is 2. The molecule has 0 aliphatic carbocycles. The van der Waals surface area contributed by atoms with Gasteiger partial charge in [0.2, 0.25) is 0 Å². The predicted octanol–water partition coefficient (Wildman–Crippen LogP) is 3.85. The van der Waals surface area contributed by atoms with Crippen molar-refractivity contribution >= 4 is 11.6 Å². The molecule has 0 radical (unpaired) electrons. The first-order valence-corrected chi connectivity index (χ1v) is 7.23. The smallest absolute Gasteiger partial charge is 0.124 e. The van der Waals surface area contributed by atoms with E-state index in [-0.39, 0.29) is 11.2 Å². The van der Waals surface area contributed by atoms with Gasteiger partial charge >= 0.3 is 0 Å². The van der Waals surface area contributed by atoms with Crippen molar-refractivity contribution in [1.29, 1.82) is 0 Å². The molecule has 1 N–H and O–H groups in total. The van der Waals surface area contributed by atoms with Crippen LogP contribution in [-0.4, -0.2) is 13.1 Å². The van der Waals surface area contributed by atoms with Crippen LogP contribution in [-0.2, 0) is 12.8 Å². The first-order chi connectivity index (χ1) is 9.67. The van der Waals surface area contributed by atoms with Crippen LogP contribution in [0.15, 0.2) is 48.5 Å². The van der Waals surface area contributed by atoms with Crippen molar-refractivity contribution < 1.29 is 4.39 Å². The van der Waals surface area contributed by atoms with Gasteiger partial charge in [0.15, 0.2) is 0 Å². The Balaban J connectivity index is 1.79. The molecule has 2 aromatic carbocycles. The maximum absolute atomic E-state index is 13.1. The van der Waals surface area contributed by atoms with Gasteiger partial charge < -0.3 is 5.32 Å². The molecule has 0 unspecified atom stereocenters. The molecule has 1 nitrogen and oxygen atoms in total. The highest BCUT2D eigenvalue weighted by molar-refractivity contribution is 6.31. The fraction of sp³-hybridized carbons (Fsp3) is 0.294. The van der Waals surface area contributed by atoms with E-state index in [9.17, 15) is 4.39 Å². The topological polar surface area (TPSA) is 12.0 Å². The number of hydrogen-bond acceptors (Lipinski definition) is 1. The van der Waals surface area contributed by atoms with E-state index in [1.54, 1.807) is 0 Å². The van der Waals surface area contributed by atoms with E-state index >= 15 is 0 Å². The van der Waals surface area contributed by atoms with Crippen LogP contribution in [0.5, 0.6) is 0 Å². The maximum atomic E-state index is 13.1. The fourth-order valence-electron chi connectivity index (χ4n) is 2.89. The third-order valence-electron chi connectivity index (χ3n) is 4.00. The summed E-state index contributed by atoms with van der Waals surface area (Å²) >= 11 is 6.16. The highest BCUT2D eigenvalue weighted by Gasteiger charge is 2.37. The highest BCUT2D eigenvalue weighted by Crippen LogP contribution is 2.34. The molecule has 0 atom stereocenters. The summed E-state index contributed by atoms with van der Waals surface area (Å²) in [6, 6.07) is 15.2. The molecule has 0 saturated carbocycles. The van der Waals surface area contributed by atoms with E-state index < -0.39 is 0 Å². The van der Waals surface area contributed by atoms with Crippen molar-refractivity contribution in [1.82, 2.24) is 5.32 Å². The van der Waals surface area contributed by atoms with Crippen molar-refractivity contribution in [2.24, 2.45) is 5.41 Å². The van der Waals surface area contributed by atoms with Gasteiger partial charge in [0, 0.05) is 23.5 Å². The monoisotopic (exact) mass is 289 g/mol. The van der Waals surface area contributed by atoms with Crippen LogP contribution in [0.3, 0.4) is 0 Å². The molecule has 0 amide bonds. The fourth-order valence-corrected chi connectivity index (χ4v) is 3.12. The largest absolute Gasteiger partial charge is 0.315 e. The zero-order valence-electron chi connectivity index (χ0n) is 11.2. The van der Waals surface area contributed by atoms with Gasteiger partial charge in [-0.15, -0.1) is 0 Å². The van der Waals surface area contributed by atoms with Crippen molar-refractivity contribution in [2.45, 2.75) is 12.8 Å². The summed E-state index contributed by atoms with van der Waals surface area (Å²) in [6.45, 7) is 1.96. The summed E-state index contributed by atoms with van der Waals surface area (Å²) in [7, 11) is 0. The minimum Gasteiger partial charge on any atom is -0.315 e. The molecule has 1 aliphatic heterocycles. The van der Waals surface area contributed by atoms with E-state index in [2.05, 4.69) is 29.6 Å². The van der Waals surface area contributed by atoms with Gasteiger partial charge in [-0.1, -0.05) is 48.0 Å². The Kier molecular flexibility index (Phi) is 3.77. The van der Waals surface area contributed by atoms with Crippen LogP contribution >= 0.6 is 11.6 Å². The number of hydrogen-bond donors (Lipinski definition) is 1. The highest BCUT2D eigenvalue weighted by atomic mass is 35.5. The molecule has 1 aliphatic rings. The zero-order chi connectivity index (χ0) is 14.0. The molecule has 1 fully saturated rings. The maximum Gasteiger partial charge on any atom is 0.124 e. The molecule has 1 saturated heterocycles. The third kappa shape index (κ3) is 2.87. The molecule has 3 heteroatoms. The Labute approximate surface area is 123 Å². The van der Waals surface area contributed by atoms with Crippen molar-refractivity contribution in [3.05, 3.63) is 70.5 Å². The minimum atomic E-state index is -0.275. The number of halogens is 2. The lowest BCUT2D eigenvalue weighted by Gasteiger charge is -2.43. The molecule has 0 spiro atoms. The summed E-state index contributed by atoms with van der Waals surface area (Å²) in [5, 5.41) is 3.89. The average molecular weight is 290 g/mol. The van der Waals surface area contributed by atoms with Crippen LogP contribution in [0.4, 0.5) is 4.39 Å². The minimum absolute atomic E-state index is 0.197. The lowest BCUT2D eigenvalue weighted by atomic mass is 9.72. The van der Waals surface area contributed by atoms with Crippen LogP contribution in [0.2, 0.25) is 5.02 Å².